The van der Waals surface area contributed by atoms with Gasteiger partial charge in [-0.1, -0.05) is 94.5 Å². The summed E-state index contributed by atoms with van der Waals surface area (Å²) >= 11 is 0. The summed E-state index contributed by atoms with van der Waals surface area (Å²) in [6.07, 6.45) is 12.5. The molecule has 0 radical (unpaired) electrons. The minimum atomic E-state index is -1.13. The lowest BCUT2D eigenvalue weighted by molar-refractivity contribution is -0.160. The van der Waals surface area contributed by atoms with Gasteiger partial charge in [-0.05, 0) is 30.2 Å². The summed E-state index contributed by atoms with van der Waals surface area (Å²) < 4.78 is 16.5. The second kappa shape index (κ2) is 14.1. The van der Waals surface area contributed by atoms with Gasteiger partial charge in [-0.15, -0.1) is 0 Å². The number of alkyl carbamates (subject to hydrolysis) is 1. The van der Waals surface area contributed by atoms with Crippen molar-refractivity contribution < 1.29 is 23.8 Å². The number of hydrogen-bond acceptors (Lipinski definition) is 5. The van der Waals surface area contributed by atoms with E-state index < -0.39 is 18.3 Å². The van der Waals surface area contributed by atoms with Gasteiger partial charge in [0.05, 0.1) is 13.2 Å². The summed E-state index contributed by atoms with van der Waals surface area (Å²) in [6.45, 7) is 0.928. The Labute approximate surface area is 192 Å². The number of hydrogen-bond donors (Lipinski definition) is 1. The lowest BCUT2D eigenvalue weighted by atomic mass is 9.87. The Hall–Kier alpha value is -2.08. The van der Waals surface area contributed by atoms with E-state index in [1.165, 1.54) is 64.2 Å². The zero-order valence-corrected chi connectivity index (χ0v) is 19.3. The SMILES string of the molecule is O=C(N[C@@H](OCCC1CCCCC1)C(=O)OCCC1CCCCC1)OCc1ccccc1. The first-order chi connectivity index (χ1) is 15.7. The van der Waals surface area contributed by atoms with Gasteiger partial charge < -0.3 is 14.2 Å². The van der Waals surface area contributed by atoms with Crippen molar-refractivity contribution in [2.45, 2.75) is 89.9 Å². The van der Waals surface area contributed by atoms with E-state index in [1.54, 1.807) is 0 Å². The van der Waals surface area contributed by atoms with Crippen molar-refractivity contribution in [1.82, 2.24) is 5.32 Å². The molecule has 2 aliphatic rings. The first-order valence-corrected chi connectivity index (χ1v) is 12.5. The molecule has 0 bridgehead atoms. The molecule has 3 rings (SSSR count). The van der Waals surface area contributed by atoms with Crippen molar-refractivity contribution in [3.05, 3.63) is 35.9 Å². The number of esters is 1. The largest absolute Gasteiger partial charge is 0.462 e. The second-order valence-corrected chi connectivity index (χ2v) is 9.21. The number of nitrogens with one attached hydrogen (secondary N) is 1. The molecule has 6 heteroatoms. The van der Waals surface area contributed by atoms with Gasteiger partial charge in [0.15, 0.2) is 0 Å². The Morgan fingerprint density at radius 3 is 2.03 bits per heavy atom. The number of benzene rings is 1. The van der Waals surface area contributed by atoms with Crippen LogP contribution in [-0.4, -0.2) is 31.5 Å². The van der Waals surface area contributed by atoms with Gasteiger partial charge in [0, 0.05) is 0 Å². The fraction of sp³-hybridized carbons (Fsp3) is 0.692. The maximum Gasteiger partial charge on any atom is 0.409 e. The van der Waals surface area contributed by atoms with Crippen LogP contribution in [0.4, 0.5) is 4.79 Å². The fourth-order valence-corrected chi connectivity index (χ4v) is 4.75. The van der Waals surface area contributed by atoms with E-state index in [0.717, 1.165) is 18.4 Å². The lowest BCUT2D eigenvalue weighted by Crippen LogP contribution is -2.44. The maximum absolute atomic E-state index is 12.7. The highest BCUT2D eigenvalue weighted by molar-refractivity contribution is 5.80. The van der Waals surface area contributed by atoms with Crippen LogP contribution in [0.2, 0.25) is 0 Å². The van der Waals surface area contributed by atoms with E-state index in [4.69, 9.17) is 14.2 Å². The van der Waals surface area contributed by atoms with E-state index in [9.17, 15) is 9.59 Å². The van der Waals surface area contributed by atoms with Gasteiger partial charge in [-0.25, -0.2) is 9.59 Å². The molecular formula is C26H39NO5. The average molecular weight is 446 g/mol. The Kier molecular flexibility index (Phi) is 10.9. The van der Waals surface area contributed by atoms with Crippen LogP contribution in [0.25, 0.3) is 0 Å². The molecule has 0 spiro atoms. The van der Waals surface area contributed by atoms with Crippen LogP contribution in [0.5, 0.6) is 0 Å². The molecule has 32 heavy (non-hydrogen) atoms. The molecule has 2 aliphatic carbocycles. The summed E-state index contributed by atoms with van der Waals surface area (Å²) in [6, 6.07) is 9.44. The summed E-state index contributed by atoms with van der Waals surface area (Å²) in [5, 5.41) is 2.56. The minimum Gasteiger partial charge on any atom is -0.462 e. The number of amides is 1. The third kappa shape index (κ3) is 9.19. The van der Waals surface area contributed by atoms with Crippen molar-refractivity contribution in [3.8, 4) is 0 Å². The molecule has 2 fully saturated rings. The van der Waals surface area contributed by atoms with Gasteiger partial charge in [-0.3, -0.25) is 5.32 Å². The van der Waals surface area contributed by atoms with Crippen LogP contribution in [0.3, 0.4) is 0 Å². The first kappa shape index (κ1) is 24.6. The van der Waals surface area contributed by atoms with Crippen LogP contribution in [0.1, 0.15) is 82.6 Å². The smallest absolute Gasteiger partial charge is 0.409 e. The molecule has 0 heterocycles. The van der Waals surface area contributed by atoms with E-state index >= 15 is 0 Å². The van der Waals surface area contributed by atoms with Crippen molar-refractivity contribution in [2.75, 3.05) is 13.2 Å². The molecule has 1 amide bonds. The standard InChI is InChI=1S/C26H39NO5/c28-25(31-19-17-22-12-6-2-7-13-22)24(30-18-16-21-10-4-1-5-11-21)27-26(29)32-20-23-14-8-3-9-15-23/h3,8-9,14-15,21-22,24H,1-2,4-7,10-13,16-20H2,(H,27,29)/t24-/m0/s1. The third-order valence-electron chi connectivity index (χ3n) is 6.71. The predicted molar refractivity (Wildman–Crippen MR) is 123 cm³/mol. The maximum atomic E-state index is 12.7. The minimum absolute atomic E-state index is 0.137. The molecule has 0 aromatic heterocycles. The van der Waals surface area contributed by atoms with E-state index in [1.807, 2.05) is 30.3 Å². The molecule has 0 aliphatic heterocycles. The highest BCUT2D eigenvalue weighted by atomic mass is 16.6. The van der Waals surface area contributed by atoms with E-state index in [2.05, 4.69) is 5.32 Å². The highest BCUT2D eigenvalue weighted by Gasteiger charge is 2.25. The van der Waals surface area contributed by atoms with Crippen LogP contribution in [0, 0.1) is 11.8 Å². The van der Waals surface area contributed by atoms with E-state index in [0.29, 0.717) is 25.0 Å². The second-order valence-electron chi connectivity index (χ2n) is 9.21. The molecule has 1 aromatic carbocycles. The number of rotatable bonds is 11. The zero-order valence-electron chi connectivity index (χ0n) is 19.3. The lowest BCUT2D eigenvalue weighted by Gasteiger charge is -2.24. The average Bonchev–Trinajstić information content (AvgIpc) is 2.84. The van der Waals surface area contributed by atoms with Crippen LogP contribution in [0.15, 0.2) is 30.3 Å². The molecule has 0 unspecified atom stereocenters. The first-order valence-electron chi connectivity index (χ1n) is 12.5. The quantitative estimate of drug-likeness (QED) is 0.347. The molecule has 0 saturated heterocycles. The number of ether oxygens (including phenoxy) is 3. The molecule has 1 aromatic rings. The number of carbonyl (C=O) groups is 2. The normalized spacial score (nSPS) is 18.6. The zero-order chi connectivity index (χ0) is 22.4. The molecule has 2 saturated carbocycles. The fourth-order valence-electron chi connectivity index (χ4n) is 4.75. The van der Waals surface area contributed by atoms with Gasteiger partial charge in [-0.2, -0.15) is 0 Å². The van der Waals surface area contributed by atoms with Crippen molar-refractivity contribution in [3.63, 3.8) is 0 Å². The van der Waals surface area contributed by atoms with Gasteiger partial charge >= 0.3 is 12.1 Å². The predicted octanol–water partition coefficient (Wildman–Crippen LogP) is 5.74. The highest BCUT2D eigenvalue weighted by Crippen LogP contribution is 2.27. The summed E-state index contributed by atoms with van der Waals surface area (Å²) in [5.41, 5.74) is 0.882. The van der Waals surface area contributed by atoms with E-state index in [-0.39, 0.29) is 6.61 Å². The van der Waals surface area contributed by atoms with Crippen molar-refractivity contribution in [2.24, 2.45) is 11.8 Å². The van der Waals surface area contributed by atoms with Crippen molar-refractivity contribution in [1.29, 1.82) is 0 Å². The third-order valence-corrected chi connectivity index (χ3v) is 6.71. The summed E-state index contributed by atoms with van der Waals surface area (Å²) in [5.74, 6) is 0.726. The Balaban J connectivity index is 1.44. The molecule has 178 valence electrons. The monoisotopic (exact) mass is 445 g/mol. The van der Waals surface area contributed by atoms with Crippen molar-refractivity contribution >= 4 is 12.1 Å². The summed E-state index contributed by atoms with van der Waals surface area (Å²) in [7, 11) is 0. The molecule has 1 atom stereocenters. The molecule has 1 N–H and O–H groups in total. The molecular weight excluding hydrogens is 406 g/mol. The molecule has 6 nitrogen and oxygen atoms in total. The van der Waals surface area contributed by atoms with Crippen LogP contribution in [-0.2, 0) is 25.6 Å². The van der Waals surface area contributed by atoms with Crippen LogP contribution < -0.4 is 5.32 Å². The Morgan fingerprint density at radius 1 is 0.812 bits per heavy atom. The van der Waals surface area contributed by atoms with Gasteiger partial charge in [0.25, 0.3) is 0 Å². The Bertz CT molecular complexity index is 668. The summed E-state index contributed by atoms with van der Waals surface area (Å²) in [4.78, 5) is 25.0. The van der Waals surface area contributed by atoms with Gasteiger partial charge in [0.2, 0.25) is 6.23 Å². The van der Waals surface area contributed by atoms with Gasteiger partial charge in [0.1, 0.15) is 6.61 Å². The Morgan fingerprint density at radius 2 is 1.41 bits per heavy atom. The number of carbonyl (C=O) groups excluding carboxylic acids is 2. The topological polar surface area (TPSA) is 73.9 Å². The van der Waals surface area contributed by atoms with Crippen LogP contribution >= 0.6 is 0 Å².